The molecule has 0 saturated carbocycles. The summed E-state index contributed by atoms with van der Waals surface area (Å²) in [4.78, 5) is 1.99. The summed E-state index contributed by atoms with van der Waals surface area (Å²) in [5, 5.41) is 10.4. The van der Waals surface area contributed by atoms with Crippen LogP contribution in [0, 0.1) is 11.6 Å². The van der Waals surface area contributed by atoms with E-state index in [9.17, 15) is 13.9 Å². The average molecular weight is 333 g/mol. The molecule has 1 aromatic heterocycles. The van der Waals surface area contributed by atoms with Gasteiger partial charge >= 0.3 is 0 Å². The molecule has 1 aliphatic heterocycles. The third kappa shape index (κ3) is 2.60. The first-order chi connectivity index (χ1) is 9.56. The summed E-state index contributed by atoms with van der Waals surface area (Å²) in [6, 6.07) is 3.81. The Bertz CT molecular complexity index is 633. The molecule has 0 saturated heterocycles. The zero-order chi connectivity index (χ0) is 14.3. The van der Waals surface area contributed by atoms with Crippen molar-refractivity contribution < 1.29 is 13.9 Å². The van der Waals surface area contributed by atoms with E-state index in [1.165, 1.54) is 21.8 Å². The molecule has 1 N–H and O–H groups in total. The van der Waals surface area contributed by atoms with Crippen molar-refractivity contribution in [1.29, 1.82) is 0 Å². The van der Waals surface area contributed by atoms with Crippen molar-refractivity contribution in [2.75, 3.05) is 5.75 Å². The number of fused-ring (bicyclic) bond motifs is 1. The molecule has 0 aliphatic carbocycles. The molecule has 1 atom stereocenters. The highest BCUT2D eigenvalue weighted by Gasteiger charge is 2.22. The lowest BCUT2D eigenvalue weighted by Crippen LogP contribution is -2.00. The van der Waals surface area contributed by atoms with E-state index in [1.54, 1.807) is 0 Å². The van der Waals surface area contributed by atoms with Crippen LogP contribution in [0.15, 0.2) is 18.2 Å². The summed E-state index contributed by atoms with van der Waals surface area (Å²) in [7, 11) is 0. The average Bonchev–Trinajstić information content (AvgIpc) is 2.86. The number of hydrogen-bond donors (Lipinski definition) is 1. The number of aliphatic hydroxyl groups excluding tert-OH is 1. The molecular formula is C14H11ClF2OS2. The Hall–Kier alpha value is -0.620. The molecule has 0 bridgehead atoms. The van der Waals surface area contributed by atoms with Gasteiger partial charge in [-0.1, -0.05) is 11.6 Å². The summed E-state index contributed by atoms with van der Waals surface area (Å²) >= 11 is 9.28. The highest BCUT2D eigenvalue weighted by Crippen LogP contribution is 2.38. The third-order valence-electron chi connectivity index (χ3n) is 3.25. The number of hydrogen-bond acceptors (Lipinski definition) is 3. The first-order valence-electron chi connectivity index (χ1n) is 6.08. The van der Waals surface area contributed by atoms with E-state index in [1.807, 2.05) is 17.8 Å². The Morgan fingerprint density at radius 2 is 1.95 bits per heavy atom. The number of halogens is 3. The third-order valence-corrected chi connectivity index (χ3v) is 5.88. The zero-order valence-corrected chi connectivity index (χ0v) is 12.7. The van der Waals surface area contributed by atoms with Gasteiger partial charge in [-0.15, -0.1) is 11.3 Å². The molecule has 0 spiro atoms. The second kappa shape index (κ2) is 5.64. The van der Waals surface area contributed by atoms with E-state index >= 15 is 0 Å². The predicted molar refractivity (Wildman–Crippen MR) is 79.6 cm³/mol. The van der Waals surface area contributed by atoms with Gasteiger partial charge in [-0.25, -0.2) is 8.78 Å². The number of benzene rings is 1. The molecule has 106 valence electrons. The van der Waals surface area contributed by atoms with E-state index in [0.29, 0.717) is 0 Å². The number of aliphatic hydroxyl groups is 1. The van der Waals surface area contributed by atoms with Crippen molar-refractivity contribution in [1.82, 2.24) is 0 Å². The van der Waals surface area contributed by atoms with Crippen LogP contribution in [-0.2, 0) is 12.2 Å². The maximum atomic E-state index is 13.3. The summed E-state index contributed by atoms with van der Waals surface area (Å²) in [6.45, 7) is 0. The zero-order valence-electron chi connectivity index (χ0n) is 10.3. The fraction of sp³-hybridized carbons (Fsp3) is 0.286. The van der Waals surface area contributed by atoms with Crippen LogP contribution >= 0.6 is 34.7 Å². The minimum atomic E-state index is -1.02. The molecule has 6 heteroatoms. The van der Waals surface area contributed by atoms with Crippen molar-refractivity contribution in [3.05, 3.63) is 55.7 Å². The van der Waals surface area contributed by atoms with Crippen LogP contribution in [0.4, 0.5) is 8.78 Å². The number of rotatable bonds is 2. The Morgan fingerprint density at radius 1 is 1.20 bits per heavy atom. The van der Waals surface area contributed by atoms with Gasteiger partial charge in [0.2, 0.25) is 0 Å². The van der Waals surface area contributed by atoms with Gasteiger partial charge in [-0.2, -0.15) is 11.8 Å². The van der Waals surface area contributed by atoms with Gasteiger partial charge in [0.05, 0.1) is 0 Å². The van der Waals surface area contributed by atoms with Gasteiger partial charge in [0.1, 0.15) is 6.10 Å². The fourth-order valence-electron chi connectivity index (χ4n) is 2.21. The summed E-state index contributed by atoms with van der Waals surface area (Å²) in [5.74, 6) is 0.00660. The van der Waals surface area contributed by atoms with Crippen molar-refractivity contribution >= 4 is 34.7 Å². The largest absolute Gasteiger partial charge is 0.383 e. The number of aryl methyl sites for hydroxylation is 1. The topological polar surface area (TPSA) is 20.2 Å². The summed E-state index contributed by atoms with van der Waals surface area (Å²) in [6.07, 6.45) is -0.0266. The van der Waals surface area contributed by atoms with Gasteiger partial charge in [0, 0.05) is 26.1 Å². The first kappa shape index (κ1) is 14.3. The van der Waals surface area contributed by atoms with Crippen molar-refractivity contribution in [2.45, 2.75) is 18.3 Å². The van der Waals surface area contributed by atoms with Crippen molar-refractivity contribution in [2.24, 2.45) is 0 Å². The van der Waals surface area contributed by atoms with Crippen LogP contribution in [0.5, 0.6) is 0 Å². The minimum Gasteiger partial charge on any atom is -0.383 e. The Morgan fingerprint density at radius 3 is 2.70 bits per heavy atom. The summed E-state index contributed by atoms with van der Waals surface area (Å²) in [5.41, 5.74) is 1.43. The van der Waals surface area contributed by atoms with Crippen LogP contribution in [-0.4, -0.2) is 10.9 Å². The standard InChI is InChI=1S/C14H11ClF2OS2/c15-9-5-11(17)10(16)4-8(9)14(18)13-3-7-6-19-2-1-12(7)20-13/h3-5,14,18H,1-2,6H2. The van der Waals surface area contributed by atoms with E-state index < -0.39 is 17.7 Å². The Kier molecular flexibility index (Phi) is 4.04. The lowest BCUT2D eigenvalue weighted by Gasteiger charge is -2.11. The van der Waals surface area contributed by atoms with Gasteiger partial charge in [-0.05, 0) is 35.9 Å². The Balaban J connectivity index is 1.98. The molecule has 1 unspecified atom stereocenters. The molecule has 3 rings (SSSR count). The number of thiophene rings is 1. The monoisotopic (exact) mass is 332 g/mol. The highest BCUT2D eigenvalue weighted by atomic mass is 35.5. The maximum absolute atomic E-state index is 13.3. The molecule has 1 aromatic carbocycles. The fourth-order valence-corrected chi connectivity index (χ4v) is 4.84. The molecule has 2 heterocycles. The van der Waals surface area contributed by atoms with Crippen LogP contribution < -0.4 is 0 Å². The van der Waals surface area contributed by atoms with Crippen LogP contribution in [0.1, 0.15) is 27.0 Å². The smallest absolute Gasteiger partial charge is 0.160 e. The lowest BCUT2D eigenvalue weighted by atomic mass is 10.1. The van der Waals surface area contributed by atoms with E-state index in [2.05, 4.69) is 0 Å². The normalized spacial score (nSPS) is 16.0. The number of thioether (sulfide) groups is 1. The van der Waals surface area contributed by atoms with Crippen LogP contribution in [0.3, 0.4) is 0 Å². The predicted octanol–water partition coefficient (Wildman–Crippen LogP) is 4.55. The highest BCUT2D eigenvalue weighted by molar-refractivity contribution is 7.98. The molecule has 0 amide bonds. The molecule has 1 aliphatic rings. The van der Waals surface area contributed by atoms with Gasteiger partial charge < -0.3 is 5.11 Å². The molecule has 1 nitrogen and oxygen atoms in total. The second-order valence-electron chi connectivity index (χ2n) is 4.59. The maximum Gasteiger partial charge on any atom is 0.160 e. The molecular weight excluding hydrogens is 322 g/mol. The van der Waals surface area contributed by atoms with E-state index in [0.717, 1.165) is 34.9 Å². The molecule has 20 heavy (non-hydrogen) atoms. The molecule has 0 fully saturated rings. The van der Waals surface area contributed by atoms with Crippen LogP contribution in [0.25, 0.3) is 0 Å². The van der Waals surface area contributed by atoms with Gasteiger partial charge in [0.15, 0.2) is 11.6 Å². The minimum absolute atomic E-state index is 0.0390. The quantitative estimate of drug-likeness (QED) is 0.814. The summed E-state index contributed by atoms with van der Waals surface area (Å²) < 4.78 is 26.4. The van der Waals surface area contributed by atoms with Gasteiger partial charge in [0.25, 0.3) is 0 Å². The first-order valence-corrected chi connectivity index (χ1v) is 8.43. The van der Waals surface area contributed by atoms with Crippen molar-refractivity contribution in [3.8, 4) is 0 Å². The molecule has 2 aromatic rings. The second-order valence-corrected chi connectivity index (χ2v) is 7.27. The van der Waals surface area contributed by atoms with Gasteiger partial charge in [-0.3, -0.25) is 0 Å². The Labute approximate surface area is 128 Å². The van der Waals surface area contributed by atoms with E-state index in [4.69, 9.17) is 11.6 Å². The lowest BCUT2D eigenvalue weighted by molar-refractivity contribution is 0.223. The van der Waals surface area contributed by atoms with E-state index in [-0.39, 0.29) is 10.6 Å². The molecule has 0 radical (unpaired) electrons. The van der Waals surface area contributed by atoms with Crippen molar-refractivity contribution in [3.63, 3.8) is 0 Å². The SMILES string of the molecule is OC(c1cc2c(s1)CCSC2)c1cc(F)c(F)cc1Cl. The van der Waals surface area contributed by atoms with Crippen LogP contribution in [0.2, 0.25) is 5.02 Å².